The van der Waals surface area contributed by atoms with Gasteiger partial charge in [-0.3, -0.25) is 5.32 Å². The number of aliphatic imine (C=N–C) groups is 1. The van der Waals surface area contributed by atoms with Crippen molar-refractivity contribution in [3.63, 3.8) is 0 Å². The van der Waals surface area contributed by atoms with Crippen LogP contribution in [0.15, 0.2) is 29.3 Å². The summed E-state index contributed by atoms with van der Waals surface area (Å²) in [6.07, 6.45) is -0.499. The highest BCUT2D eigenvalue weighted by Gasteiger charge is 2.21. The molecule has 1 aromatic rings. The SMILES string of the molecule is CC(C)NC1=NC(c2ccc(F)cc2)NC(=O)N1. The number of amides is 2. The van der Waals surface area contributed by atoms with Gasteiger partial charge in [-0.05, 0) is 31.5 Å². The summed E-state index contributed by atoms with van der Waals surface area (Å²) in [5.74, 6) is 0.103. The molecule has 2 rings (SSSR count). The Hall–Kier alpha value is -2.11. The monoisotopic (exact) mass is 250 g/mol. The van der Waals surface area contributed by atoms with Crippen LogP contribution in [0.5, 0.6) is 0 Å². The molecule has 1 heterocycles. The van der Waals surface area contributed by atoms with Crippen LogP contribution in [-0.2, 0) is 0 Å². The van der Waals surface area contributed by atoms with Crippen molar-refractivity contribution in [2.24, 2.45) is 4.99 Å². The number of carbonyl (C=O) groups is 1. The number of urea groups is 1. The molecule has 0 saturated heterocycles. The third-order valence-corrected chi connectivity index (χ3v) is 2.37. The minimum absolute atomic E-state index is 0.163. The van der Waals surface area contributed by atoms with Crippen molar-refractivity contribution >= 4 is 12.0 Å². The number of nitrogens with one attached hydrogen (secondary N) is 3. The van der Waals surface area contributed by atoms with E-state index in [4.69, 9.17) is 0 Å². The van der Waals surface area contributed by atoms with Gasteiger partial charge in [0.05, 0.1) is 0 Å². The van der Waals surface area contributed by atoms with Gasteiger partial charge in [-0.15, -0.1) is 0 Å². The zero-order valence-electron chi connectivity index (χ0n) is 10.2. The normalized spacial score (nSPS) is 19.0. The van der Waals surface area contributed by atoms with Crippen LogP contribution in [0.2, 0.25) is 0 Å². The van der Waals surface area contributed by atoms with E-state index >= 15 is 0 Å². The fourth-order valence-electron chi connectivity index (χ4n) is 1.61. The molecule has 2 amide bonds. The average molecular weight is 250 g/mol. The maximum absolute atomic E-state index is 12.8. The highest BCUT2D eigenvalue weighted by atomic mass is 19.1. The molecule has 3 N–H and O–H groups in total. The minimum atomic E-state index is -0.499. The Morgan fingerprint density at radius 2 is 2.00 bits per heavy atom. The maximum Gasteiger partial charge on any atom is 0.323 e. The summed E-state index contributed by atoms with van der Waals surface area (Å²) in [7, 11) is 0. The summed E-state index contributed by atoms with van der Waals surface area (Å²) in [4.78, 5) is 15.8. The van der Waals surface area contributed by atoms with E-state index < -0.39 is 6.17 Å². The largest absolute Gasteiger partial charge is 0.354 e. The molecule has 1 aromatic carbocycles. The first-order chi connectivity index (χ1) is 8.54. The molecule has 0 bridgehead atoms. The first-order valence-corrected chi connectivity index (χ1v) is 5.72. The molecule has 0 radical (unpaired) electrons. The molecule has 0 fully saturated rings. The fourth-order valence-corrected chi connectivity index (χ4v) is 1.61. The first kappa shape index (κ1) is 12.3. The molecular formula is C12H15FN4O. The third-order valence-electron chi connectivity index (χ3n) is 2.37. The molecule has 0 spiro atoms. The molecule has 5 nitrogen and oxygen atoms in total. The summed E-state index contributed by atoms with van der Waals surface area (Å²) >= 11 is 0. The molecule has 1 atom stereocenters. The van der Waals surface area contributed by atoms with Gasteiger partial charge in [0.2, 0.25) is 5.96 Å². The van der Waals surface area contributed by atoms with E-state index in [9.17, 15) is 9.18 Å². The van der Waals surface area contributed by atoms with Crippen molar-refractivity contribution in [1.29, 1.82) is 0 Å². The van der Waals surface area contributed by atoms with Crippen LogP contribution in [0.4, 0.5) is 9.18 Å². The summed E-state index contributed by atoms with van der Waals surface area (Å²) in [5.41, 5.74) is 0.731. The lowest BCUT2D eigenvalue weighted by Gasteiger charge is -2.24. The second kappa shape index (κ2) is 5.03. The molecule has 6 heteroatoms. The van der Waals surface area contributed by atoms with Crippen LogP contribution >= 0.6 is 0 Å². The fraction of sp³-hybridized carbons (Fsp3) is 0.333. The van der Waals surface area contributed by atoms with E-state index in [1.165, 1.54) is 12.1 Å². The van der Waals surface area contributed by atoms with Crippen LogP contribution < -0.4 is 16.0 Å². The van der Waals surface area contributed by atoms with Crippen molar-refractivity contribution in [3.05, 3.63) is 35.6 Å². The molecule has 1 aliphatic heterocycles. The van der Waals surface area contributed by atoms with Gasteiger partial charge in [-0.1, -0.05) is 12.1 Å². The van der Waals surface area contributed by atoms with Crippen LogP contribution in [-0.4, -0.2) is 18.0 Å². The summed E-state index contributed by atoms with van der Waals surface area (Å²) in [5, 5.41) is 8.26. The molecule has 1 aliphatic rings. The van der Waals surface area contributed by atoms with Crippen molar-refractivity contribution in [2.75, 3.05) is 0 Å². The molecule has 0 aromatic heterocycles. The Kier molecular flexibility index (Phi) is 3.45. The van der Waals surface area contributed by atoms with E-state index in [2.05, 4.69) is 20.9 Å². The van der Waals surface area contributed by atoms with Gasteiger partial charge in [0.25, 0.3) is 0 Å². The predicted octanol–water partition coefficient (Wildman–Crippen LogP) is 1.49. The van der Waals surface area contributed by atoms with Crippen LogP contribution in [0.3, 0.4) is 0 Å². The molecule has 96 valence electrons. The quantitative estimate of drug-likeness (QED) is 0.744. The predicted molar refractivity (Wildman–Crippen MR) is 66.5 cm³/mol. The maximum atomic E-state index is 12.8. The second-order valence-corrected chi connectivity index (χ2v) is 4.33. The van der Waals surface area contributed by atoms with E-state index in [-0.39, 0.29) is 17.9 Å². The summed E-state index contributed by atoms with van der Waals surface area (Å²) < 4.78 is 12.8. The van der Waals surface area contributed by atoms with E-state index in [0.29, 0.717) is 5.96 Å². The molecular weight excluding hydrogens is 235 g/mol. The Morgan fingerprint density at radius 1 is 1.33 bits per heavy atom. The lowest BCUT2D eigenvalue weighted by Crippen LogP contribution is -2.52. The van der Waals surface area contributed by atoms with Crippen molar-refractivity contribution in [2.45, 2.75) is 26.1 Å². The smallest absolute Gasteiger partial charge is 0.323 e. The van der Waals surface area contributed by atoms with Gasteiger partial charge in [-0.25, -0.2) is 14.2 Å². The van der Waals surface area contributed by atoms with Gasteiger partial charge >= 0.3 is 6.03 Å². The van der Waals surface area contributed by atoms with Crippen LogP contribution in [0.1, 0.15) is 25.6 Å². The van der Waals surface area contributed by atoms with Gasteiger partial charge < -0.3 is 10.6 Å². The summed E-state index contributed by atoms with van der Waals surface area (Å²) in [6, 6.07) is 5.71. The number of carbonyl (C=O) groups excluding carboxylic acids is 1. The second-order valence-electron chi connectivity index (χ2n) is 4.33. The zero-order chi connectivity index (χ0) is 13.1. The average Bonchev–Trinajstić information content (AvgIpc) is 2.28. The standard InChI is InChI=1S/C12H15FN4O/c1-7(2)14-11-15-10(16-12(18)17-11)8-3-5-9(13)6-4-8/h3-7,10H,1-2H3,(H3,14,15,16,17,18). The van der Waals surface area contributed by atoms with Gasteiger partial charge in [-0.2, -0.15) is 0 Å². The van der Waals surface area contributed by atoms with Crippen molar-refractivity contribution in [1.82, 2.24) is 16.0 Å². The van der Waals surface area contributed by atoms with Gasteiger partial charge in [0.1, 0.15) is 5.82 Å². The Balaban J connectivity index is 2.21. The molecule has 0 aliphatic carbocycles. The zero-order valence-corrected chi connectivity index (χ0v) is 10.2. The Labute approximate surface area is 104 Å². The number of benzene rings is 1. The highest BCUT2D eigenvalue weighted by molar-refractivity contribution is 5.98. The number of halogens is 1. The van der Waals surface area contributed by atoms with E-state index in [1.54, 1.807) is 12.1 Å². The van der Waals surface area contributed by atoms with Gasteiger partial charge in [0.15, 0.2) is 6.17 Å². The number of hydrogen-bond acceptors (Lipinski definition) is 3. The van der Waals surface area contributed by atoms with Crippen LogP contribution in [0, 0.1) is 5.82 Å². The Bertz CT molecular complexity index is 469. The van der Waals surface area contributed by atoms with E-state index in [1.807, 2.05) is 13.8 Å². The summed E-state index contributed by atoms with van der Waals surface area (Å²) in [6.45, 7) is 3.90. The third kappa shape index (κ3) is 2.97. The lowest BCUT2D eigenvalue weighted by atomic mass is 10.1. The molecule has 1 unspecified atom stereocenters. The van der Waals surface area contributed by atoms with Crippen molar-refractivity contribution in [3.8, 4) is 0 Å². The number of nitrogens with zero attached hydrogens (tertiary/aromatic N) is 1. The Morgan fingerprint density at radius 3 is 2.61 bits per heavy atom. The van der Waals surface area contributed by atoms with Gasteiger partial charge in [0, 0.05) is 6.04 Å². The topological polar surface area (TPSA) is 65.5 Å². The number of rotatable bonds is 2. The number of guanidine groups is 1. The van der Waals surface area contributed by atoms with Crippen LogP contribution in [0.25, 0.3) is 0 Å². The first-order valence-electron chi connectivity index (χ1n) is 5.72. The molecule has 0 saturated carbocycles. The van der Waals surface area contributed by atoms with E-state index in [0.717, 1.165) is 5.56 Å². The van der Waals surface area contributed by atoms with Crippen molar-refractivity contribution < 1.29 is 9.18 Å². The lowest BCUT2D eigenvalue weighted by molar-refractivity contribution is 0.239. The minimum Gasteiger partial charge on any atom is -0.354 e. The highest BCUT2D eigenvalue weighted by Crippen LogP contribution is 2.16. The molecule has 18 heavy (non-hydrogen) atoms. The number of hydrogen-bond donors (Lipinski definition) is 3.